The van der Waals surface area contributed by atoms with Crippen LogP contribution in [0.4, 0.5) is 17.1 Å². The Hall–Kier alpha value is -6.18. The van der Waals surface area contributed by atoms with Crippen molar-refractivity contribution >= 4 is 27.8 Å². The van der Waals surface area contributed by atoms with Gasteiger partial charge in [-0.3, -0.25) is 0 Å². The molecule has 8 aromatic carbocycles. The third-order valence-electron chi connectivity index (χ3n) is 8.86. The first-order valence-corrected chi connectivity index (χ1v) is 16.1. The second-order valence-electron chi connectivity index (χ2n) is 11.8. The smallest absolute Gasteiger partial charge is 0.0540 e. The van der Waals surface area contributed by atoms with Crippen LogP contribution in [0.1, 0.15) is 0 Å². The van der Waals surface area contributed by atoms with Crippen molar-refractivity contribution in [3.63, 3.8) is 0 Å². The predicted molar refractivity (Wildman–Crippen MR) is 200 cm³/mol. The highest BCUT2D eigenvalue weighted by atomic mass is 15.1. The van der Waals surface area contributed by atoms with E-state index in [0.717, 1.165) is 17.1 Å². The predicted octanol–water partition coefficient (Wildman–Crippen LogP) is 13.0. The molecule has 1 heteroatoms. The number of benzene rings is 8. The summed E-state index contributed by atoms with van der Waals surface area (Å²) in [7, 11) is 0. The summed E-state index contributed by atoms with van der Waals surface area (Å²) < 4.78 is 0. The van der Waals surface area contributed by atoms with Crippen molar-refractivity contribution in [3.05, 3.63) is 200 Å². The second-order valence-corrected chi connectivity index (χ2v) is 11.8. The van der Waals surface area contributed by atoms with Crippen LogP contribution in [0.3, 0.4) is 0 Å². The van der Waals surface area contributed by atoms with Gasteiger partial charge in [-0.2, -0.15) is 0 Å². The summed E-state index contributed by atoms with van der Waals surface area (Å²) in [4.78, 5) is 2.42. The highest BCUT2D eigenvalue weighted by Gasteiger charge is 2.20. The van der Waals surface area contributed by atoms with E-state index in [1.54, 1.807) is 0 Å². The number of hydrogen-bond acceptors (Lipinski definition) is 1. The quantitative estimate of drug-likeness (QED) is 0.176. The summed E-state index contributed by atoms with van der Waals surface area (Å²) in [5.41, 5.74) is 12.9. The summed E-state index contributed by atoms with van der Waals surface area (Å²) in [5.74, 6) is 0. The van der Waals surface area contributed by atoms with Gasteiger partial charge in [0.05, 0.1) is 11.4 Å². The summed E-state index contributed by atoms with van der Waals surface area (Å²) in [6, 6.07) is 71.9. The van der Waals surface area contributed by atoms with Gasteiger partial charge in [0.15, 0.2) is 0 Å². The minimum atomic E-state index is 1.10. The molecule has 0 heterocycles. The van der Waals surface area contributed by atoms with Crippen LogP contribution in [0, 0.1) is 0 Å². The molecule has 0 aliphatic carbocycles. The fraction of sp³-hybridized carbons (Fsp3) is 0. The normalized spacial score (nSPS) is 11.0. The van der Waals surface area contributed by atoms with Crippen LogP contribution in [0.5, 0.6) is 0 Å². The van der Waals surface area contributed by atoms with Gasteiger partial charge in [-0.25, -0.2) is 0 Å². The third-order valence-corrected chi connectivity index (χ3v) is 8.86. The fourth-order valence-electron chi connectivity index (χ4n) is 6.52. The Morgan fingerprint density at radius 2 is 0.702 bits per heavy atom. The Morgan fingerprint density at radius 1 is 0.255 bits per heavy atom. The molecule has 0 atom stereocenters. The Bertz CT molecular complexity index is 2290. The van der Waals surface area contributed by atoms with Crippen molar-refractivity contribution < 1.29 is 0 Å². The maximum absolute atomic E-state index is 2.42. The van der Waals surface area contributed by atoms with Gasteiger partial charge in [0.2, 0.25) is 0 Å². The Balaban J connectivity index is 1.30. The van der Waals surface area contributed by atoms with Gasteiger partial charge in [-0.05, 0) is 74.5 Å². The SMILES string of the molecule is c1ccc(-c2ccc(-c3ccccc3N(c3cccc(-c4ccc5ccccc5c4)c3)c3ccccc3-c3ccccc3)cc2)cc1. The average molecular weight is 600 g/mol. The Morgan fingerprint density at radius 3 is 1.38 bits per heavy atom. The molecule has 1 nitrogen and oxygen atoms in total. The van der Waals surface area contributed by atoms with E-state index >= 15 is 0 Å². The molecule has 0 fully saturated rings. The van der Waals surface area contributed by atoms with E-state index in [9.17, 15) is 0 Å². The highest BCUT2D eigenvalue weighted by molar-refractivity contribution is 5.95. The molecule has 47 heavy (non-hydrogen) atoms. The van der Waals surface area contributed by atoms with Crippen molar-refractivity contribution in [1.29, 1.82) is 0 Å². The molecule has 222 valence electrons. The molecule has 0 spiro atoms. The maximum Gasteiger partial charge on any atom is 0.0540 e. The summed E-state index contributed by atoms with van der Waals surface area (Å²) >= 11 is 0. The van der Waals surface area contributed by atoms with Crippen LogP contribution in [-0.4, -0.2) is 0 Å². The van der Waals surface area contributed by atoms with Gasteiger partial charge in [0.25, 0.3) is 0 Å². The number of nitrogens with zero attached hydrogens (tertiary/aromatic N) is 1. The molecule has 0 amide bonds. The highest BCUT2D eigenvalue weighted by Crippen LogP contribution is 2.45. The molecule has 0 unspecified atom stereocenters. The van der Waals surface area contributed by atoms with Gasteiger partial charge >= 0.3 is 0 Å². The lowest BCUT2D eigenvalue weighted by Gasteiger charge is -2.30. The fourth-order valence-corrected chi connectivity index (χ4v) is 6.52. The van der Waals surface area contributed by atoms with E-state index in [1.807, 2.05) is 0 Å². The molecule has 0 aromatic heterocycles. The van der Waals surface area contributed by atoms with Crippen molar-refractivity contribution in [1.82, 2.24) is 0 Å². The Kier molecular flexibility index (Phi) is 7.63. The minimum Gasteiger partial charge on any atom is -0.309 e. The van der Waals surface area contributed by atoms with E-state index in [4.69, 9.17) is 0 Å². The minimum absolute atomic E-state index is 1.10. The van der Waals surface area contributed by atoms with Crippen molar-refractivity contribution in [3.8, 4) is 44.5 Å². The largest absolute Gasteiger partial charge is 0.309 e. The lowest BCUT2D eigenvalue weighted by molar-refractivity contribution is 1.28. The lowest BCUT2D eigenvalue weighted by atomic mass is 9.96. The summed E-state index contributed by atoms with van der Waals surface area (Å²) in [6.45, 7) is 0. The van der Waals surface area contributed by atoms with Gasteiger partial charge in [0.1, 0.15) is 0 Å². The topological polar surface area (TPSA) is 3.24 Å². The van der Waals surface area contributed by atoms with E-state index in [0.29, 0.717) is 0 Å². The van der Waals surface area contributed by atoms with E-state index in [1.165, 1.54) is 55.3 Å². The summed E-state index contributed by atoms with van der Waals surface area (Å²) in [5, 5.41) is 2.49. The first kappa shape index (κ1) is 28.3. The second kappa shape index (κ2) is 12.7. The van der Waals surface area contributed by atoms with Crippen LogP contribution in [0.2, 0.25) is 0 Å². The van der Waals surface area contributed by atoms with Crippen LogP contribution < -0.4 is 4.90 Å². The van der Waals surface area contributed by atoms with E-state index in [2.05, 4.69) is 205 Å². The molecule has 0 bridgehead atoms. The zero-order valence-corrected chi connectivity index (χ0v) is 26.0. The van der Waals surface area contributed by atoms with Crippen molar-refractivity contribution in [2.45, 2.75) is 0 Å². The van der Waals surface area contributed by atoms with Crippen molar-refractivity contribution in [2.75, 3.05) is 4.90 Å². The van der Waals surface area contributed by atoms with Gasteiger partial charge < -0.3 is 4.90 Å². The van der Waals surface area contributed by atoms with E-state index < -0.39 is 0 Å². The van der Waals surface area contributed by atoms with Crippen LogP contribution in [0.15, 0.2) is 200 Å². The zero-order valence-electron chi connectivity index (χ0n) is 26.0. The van der Waals surface area contributed by atoms with Gasteiger partial charge in [-0.1, -0.05) is 170 Å². The molecule has 8 aromatic rings. The lowest BCUT2D eigenvalue weighted by Crippen LogP contribution is -2.12. The molecule has 8 rings (SSSR count). The standard InChI is InChI=1S/C46H33N/c1-3-14-34(15-4-1)36-26-29-38(30-27-36)44-23-10-12-25-46(44)47(45-24-11-9-22-43(45)37-17-5-2-6-18-37)42-21-13-20-40(33-42)41-31-28-35-16-7-8-19-39(35)32-41/h1-33H. The van der Waals surface area contributed by atoms with Crippen LogP contribution >= 0.6 is 0 Å². The van der Waals surface area contributed by atoms with E-state index in [-0.39, 0.29) is 0 Å². The maximum atomic E-state index is 2.42. The molecule has 0 saturated carbocycles. The average Bonchev–Trinajstić information content (AvgIpc) is 3.16. The number of para-hydroxylation sites is 2. The Labute approximate surface area is 276 Å². The van der Waals surface area contributed by atoms with Crippen LogP contribution in [-0.2, 0) is 0 Å². The molecule has 0 saturated heterocycles. The number of rotatable bonds is 7. The van der Waals surface area contributed by atoms with Gasteiger partial charge in [-0.15, -0.1) is 0 Å². The first-order valence-electron chi connectivity index (χ1n) is 16.1. The molecular formula is C46H33N. The number of hydrogen-bond donors (Lipinski definition) is 0. The first-order chi connectivity index (χ1) is 23.3. The number of anilines is 3. The zero-order chi connectivity index (χ0) is 31.4. The van der Waals surface area contributed by atoms with Crippen molar-refractivity contribution in [2.24, 2.45) is 0 Å². The number of fused-ring (bicyclic) bond motifs is 1. The van der Waals surface area contributed by atoms with Gasteiger partial charge in [0, 0.05) is 16.8 Å². The molecule has 0 radical (unpaired) electrons. The molecule has 0 aliphatic heterocycles. The monoisotopic (exact) mass is 599 g/mol. The van der Waals surface area contributed by atoms with Crippen LogP contribution in [0.25, 0.3) is 55.3 Å². The third kappa shape index (κ3) is 5.72. The molecular weight excluding hydrogens is 567 g/mol. The molecule has 0 N–H and O–H groups in total. The molecule has 0 aliphatic rings. The summed E-state index contributed by atoms with van der Waals surface area (Å²) in [6.07, 6.45) is 0.